The van der Waals surface area contributed by atoms with Gasteiger partial charge in [0.15, 0.2) is 0 Å². The van der Waals surface area contributed by atoms with E-state index in [2.05, 4.69) is 56.9 Å². The molecule has 1 heterocycles. The molecule has 1 fully saturated rings. The van der Waals surface area contributed by atoms with Gasteiger partial charge in [-0.15, -0.1) is 0 Å². The van der Waals surface area contributed by atoms with Crippen molar-refractivity contribution in [2.45, 2.75) is 39.3 Å². The van der Waals surface area contributed by atoms with Gasteiger partial charge in [-0.05, 0) is 57.5 Å². The van der Waals surface area contributed by atoms with Gasteiger partial charge in [0.25, 0.3) is 0 Å². The Kier molecular flexibility index (Phi) is 4.93. The third kappa shape index (κ3) is 4.16. The lowest BCUT2D eigenvalue weighted by molar-refractivity contribution is -0.0596. The smallest absolute Gasteiger partial charge is 0.127 e. The lowest BCUT2D eigenvalue weighted by Crippen LogP contribution is -2.48. The first-order valence-corrected chi connectivity index (χ1v) is 8.63. The molecule has 3 nitrogen and oxygen atoms in total. The molecule has 24 heavy (non-hydrogen) atoms. The number of hydrogen-bond donors (Lipinski definition) is 0. The predicted molar refractivity (Wildman–Crippen MR) is 97.7 cm³/mol. The van der Waals surface area contributed by atoms with E-state index >= 15 is 0 Å². The quantitative estimate of drug-likeness (QED) is 0.796. The summed E-state index contributed by atoms with van der Waals surface area (Å²) in [6.45, 7) is 11.6. The molecule has 3 rings (SSSR count). The Bertz CT molecular complexity index is 656. The van der Waals surface area contributed by atoms with Gasteiger partial charge in [-0.25, -0.2) is 0 Å². The topological polar surface area (TPSA) is 21.7 Å². The van der Waals surface area contributed by atoms with Crippen molar-refractivity contribution in [1.29, 1.82) is 0 Å². The Morgan fingerprint density at radius 3 is 2.12 bits per heavy atom. The van der Waals surface area contributed by atoms with E-state index in [0.29, 0.717) is 0 Å². The fourth-order valence-electron chi connectivity index (χ4n) is 2.95. The first kappa shape index (κ1) is 17.0. The lowest BCUT2D eigenvalue weighted by Gasteiger charge is -2.41. The van der Waals surface area contributed by atoms with Crippen LogP contribution in [0.1, 0.15) is 38.0 Å². The summed E-state index contributed by atoms with van der Waals surface area (Å²) in [5.41, 5.74) is 2.62. The molecule has 0 amide bonds. The summed E-state index contributed by atoms with van der Waals surface area (Å²) in [7, 11) is 0. The highest BCUT2D eigenvalue weighted by atomic mass is 16.5. The number of morpholine rings is 1. The van der Waals surface area contributed by atoms with Gasteiger partial charge in [0.05, 0.1) is 12.7 Å². The molecule has 0 spiro atoms. The van der Waals surface area contributed by atoms with Gasteiger partial charge in [0.1, 0.15) is 11.5 Å². The van der Waals surface area contributed by atoms with Crippen molar-refractivity contribution in [1.82, 2.24) is 4.90 Å². The van der Waals surface area contributed by atoms with Crippen LogP contribution in [0.15, 0.2) is 48.5 Å². The summed E-state index contributed by atoms with van der Waals surface area (Å²) in [5, 5.41) is 0. The van der Waals surface area contributed by atoms with E-state index in [1.165, 1.54) is 11.1 Å². The fraction of sp³-hybridized carbons (Fsp3) is 0.429. The largest absolute Gasteiger partial charge is 0.457 e. The Labute approximate surface area is 145 Å². The van der Waals surface area contributed by atoms with Crippen LogP contribution in [0.5, 0.6) is 11.5 Å². The lowest BCUT2D eigenvalue weighted by atomic mass is 10.0. The van der Waals surface area contributed by atoms with Crippen molar-refractivity contribution in [3.63, 3.8) is 0 Å². The molecule has 0 N–H and O–H groups in total. The molecule has 1 saturated heterocycles. The minimum atomic E-state index is 0.131. The maximum atomic E-state index is 5.98. The normalized spacial score (nSPS) is 19.2. The molecule has 1 aliphatic rings. The Balaban J connectivity index is 1.66. The summed E-state index contributed by atoms with van der Waals surface area (Å²) in [6, 6.07) is 16.4. The third-order valence-electron chi connectivity index (χ3n) is 4.52. The van der Waals surface area contributed by atoms with E-state index in [0.717, 1.165) is 31.2 Å². The van der Waals surface area contributed by atoms with Gasteiger partial charge in [0, 0.05) is 18.6 Å². The fourth-order valence-corrected chi connectivity index (χ4v) is 2.95. The summed E-state index contributed by atoms with van der Waals surface area (Å²) in [5.74, 6) is 1.72. The van der Waals surface area contributed by atoms with E-state index in [9.17, 15) is 0 Å². The van der Waals surface area contributed by atoms with Gasteiger partial charge >= 0.3 is 0 Å². The van der Waals surface area contributed by atoms with E-state index in [4.69, 9.17) is 9.47 Å². The molecule has 3 heteroatoms. The summed E-state index contributed by atoms with van der Waals surface area (Å²) >= 11 is 0. The first-order chi connectivity index (χ1) is 11.4. The van der Waals surface area contributed by atoms with Crippen LogP contribution in [-0.2, 0) is 4.74 Å². The van der Waals surface area contributed by atoms with E-state index < -0.39 is 0 Å². The zero-order chi connectivity index (χ0) is 17.2. The van der Waals surface area contributed by atoms with Crippen LogP contribution in [0.2, 0.25) is 0 Å². The highest BCUT2D eigenvalue weighted by molar-refractivity contribution is 5.35. The summed E-state index contributed by atoms with van der Waals surface area (Å²) < 4.78 is 11.9. The molecule has 0 saturated carbocycles. The molecule has 0 unspecified atom stereocenters. The van der Waals surface area contributed by atoms with Crippen molar-refractivity contribution < 1.29 is 9.47 Å². The molecule has 0 radical (unpaired) electrons. The molecule has 1 aliphatic heterocycles. The zero-order valence-electron chi connectivity index (χ0n) is 15.1. The molecule has 128 valence electrons. The number of hydrogen-bond acceptors (Lipinski definition) is 3. The van der Waals surface area contributed by atoms with Gasteiger partial charge < -0.3 is 9.47 Å². The number of nitrogens with zero attached hydrogens (tertiary/aromatic N) is 1. The van der Waals surface area contributed by atoms with Crippen molar-refractivity contribution in [3.8, 4) is 11.5 Å². The van der Waals surface area contributed by atoms with Crippen LogP contribution in [-0.4, -0.2) is 30.1 Å². The highest BCUT2D eigenvalue weighted by Crippen LogP contribution is 2.29. The van der Waals surface area contributed by atoms with E-state index in [1.54, 1.807) is 0 Å². The zero-order valence-corrected chi connectivity index (χ0v) is 15.1. The van der Waals surface area contributed by atoms with Gasteiger partial charge in [-0.2, -0.15) is 0 Å². The summed E-state index contributed by atoms with van der Waals surface area (Å²) in [6.07, 6.45) is 0.131. The number of benzene rings is 2. The number of rotatable bonds is 3. The Morgan fingerprint density at radius 1 is 0.958 bits per heavy atom. The monoisotopic (exact) mass is 325 g/mol. The first-order valence-electron chi connectivity index (χ1n) is 8.63. The number of aryl methyl sites for hydroxylation is 1. The average molecular weight is 325 g/mol. The molecular formula is C21H27NO2. The van der Waals surface area contributed by atoms with Crippen LogP contribution in [0.25, 0.3) is 0 Å². The van der Waals surface area contributed by atoms with Gasteiger partial charge in [0.2, 0.25) is 0 Å². The van der Waals surface area contributed by atoms with E-state index in [1.807, 2.05) is 24.3 Å². The van der Waals surface area contributed by atoms with Crippen LogP contribution in [0.4, 0.5) is 0 Å². The third-order valence-corrected chi connectivity index (χ3v) is 4.52. The van der Waals surface area contributed by atoms with Crippen LogP contribution in [0.3, 0.4) is 0 Å². The average Bonchev–Trinajstić information content (AvgIpc) is 2.57. The standard InChI is InChI=1S/C21H27NO2/c1-16-5-9-18(10-6-16)24-19-11-7-17(8-12-19)20-15-22(13-14-23-20)21(2,3)4/h5-12,20H,13-15H2,1-4H3/t20-/m1/s1. The Hall–Kier alpha value is -1.84. The number of ether oxygens (including phenoxy) is 2. The maximum absolute atomic E-state index is 5.98. The minimum Gasteiger partial charge on any atom is -0.457 e. The highest BCUT2D eigenvalue weighted by Gasteiger charge is 2.29. The second kappa shape index (κ2) is 6.96. The molecule has 0 bridgehead atoms. The SMILES string of the molecule is Cc1ccc(Oc2ccc([C@H]3CN(C(C)(C)C)CCO3)cc2)cc1. The van der Waals surface area contributed by atoms with Gasteiger partial charge in [-0.3, -0.25) is 4.90 Å². The van der Waals surface area contributed by atoms with Gasteiger partial charge in [-0.1, -0.05) is 29.8 Å². The van der Waals surface area contributed by atoms with Crippen LogP contribution >= 0.6 is 0 Å². The molecule has 0 aliphatic carbocycles. The van der Waals surface area contributed by atoms with Crippen LogP contribution in [0, 0.1) is 6.92 Å². The summed E-state index contributed by atoms with van der Waals surface area (Å²) in [4.78, 5) is 2.48. The second-order valence-corrected chi connectivity index (χ2v) is 7.46. The molecule has 0 aromatic heterocycles. The van der Waals surface area contributed by atoms with E-state index in [-0.39, 0.29) is 11.6 Å². The minimum absolute atomic E-state index is 0.131. The Morgan fingerprint density at radius 2 is 1.54 bits per heavy atom. The second-order valence-electron chi connectivity index (χ2n) is 7.46. The molecular weight excluding hydrogens is 298 g/mol. The van der Waals surface area contributed by atoms with Crippen molar-refractivity contribution in [3.05, 3.63) is 59.7 Å². The van der Waals surface area contributed by atoms with Crippen LogP contribution < -0.4 is 4.74 Å². The molecule has 2 aromatic rings. The van der Waals surface area contributed by atoms with Crippen molar-refractivity contribution in [2.24, 2.45) is 0 Å². The molecule has 2 aromatic carbocycles. The van der Waals surface area contributed by atoms with Crippen molar-refractivity contribution in [2.75, 3.05) is 19.7 Å². The maximum Gasteiger partial charge on any atom is 0.127 e. The molecule has 1 atom stereocenters. The van der Waals surface area contributed by atoms with Crippen molar-refractivity contribution >= 4 is 0 Å². The predicted octanol–water partition coefficient (Wildman–Crippen LogP) is 4.96.